The van der Waals surface area contributed by atoms with Crippen LogP contribution in [0.4, 0.5) is 11.4 Å². The van der Waals surface area contributed by atoms with Crippen molar-refractivity contribution >= 4 is 35.2 Å². The van der Waals surface area contributed by atoms with Gasteiger partial charge in [-0.2, -0.15) is 0 Å². The Morgan fingerprint density at radius 3 is 2.93 bits per heavy atom. The number of nitrogens with one attached hydrogen (secondary N) is 3. The van der Waals surface area contributed by atoms with E-state index in [1.807, 2.05) is 12.1 Å². The number of hydrogen-bond acceptors (Lipinski definition) is 5. The molecule has 0 radical (unpaired) electrons. The smallest absolute Gasteiger partial charge is 0.256 e. The number of halogens is 1. The number of imidazole rings is 1. The summed E-state index contributed by atoms with van der Waals surface area (Å²) >= 11 is 5.91. The molecular weight excluding hydrogens is 378 g/mol. The Bertz CT molecular complexity index is 957. The predicted octanol–water partition coefficient (Wildman–Crippen LogP) is 3.82. The molecule has 0 saturated heterocycles. The molecule has 8 heteroatoms. The number of amides is 1. The van der Waals surface area contributed by atoms with Gasteiger partial charge in [-0.05, 0) is 30.3 Å². The molecule has 0 aliphatic rings. The number of H-pyrrole nitrogens is 1. The average molecular weight is 398 g/mol. The predicted molar refractivity (Wildman–Crippen MR) is 111 cm³/mol. The van der Waals surface area contributed by atoms with Crippen LogP contribution in [0.15, 0.2) is 60.0 Å². The van der Waals surface area contributed by atoms with Crippen LogP contribution >= 0.6 is 11.6 Å². The fraction of sp³-hybridized carbons (Fsp3) is 0.150. The van der Waals surface area contributed by atoms with Crippen molar-refractivity contribution in [3.63, 3.8) is 0 Å². The first-order valence-corrected chi connectivity index (χ1v) is 9.02. The van der Waals surface area contributed by atoms with E-state index in [9.17, 15) is 4.79 Å². The standard InChI is InChI=1S/C20H20ClN5O2/c1-28-19-17(23-9-8-16-11-22-12-24-16)6-3-7-18(19)25-13-26-20(27)14-4-2-5-15(21)10-14/h2-7,10-13,23H,8-9H2,1H3,(H,22,24)(H,25,26,27). The van der Waals surface area contributed by atoms with Gasteiger partial charge < -0.3 is 20.4 Å². The Labute approximate surface area is 167 Å². The van der Waals surface area contributed by atoms with Crippen molar-refractivity contribution in [1.29, 1.82) is 0 Å². The Morgan fingerprint density at radius 2 is 2.18 bits per heavy atom. The average Bonchev–Trinajstić information content (AvgIpc) is 3.21. The van der Waals surface area contributed by atoms with Crippen LogP contribution in [0.25, 0.3) is 0 Å². The lowest BCUT2D eigenvalue weighted by atomic mass is 10.2. The second-order valence-electron chi connectivity index (χ2n) is 5.85. The van der Waals surface area contributed by atoms with E-state index in [4.69, 9.17) is 16.3 Å². The normalized spacial score (nSPS) is 10.8. The van der Waals surface area contributed by atoms with Gasteiger partial charge in [-0.3, -0.25) is 4.79 Å². The van der Waals surface area contributed by atoms with E-state index in [1.165, 1.54) is 6.34 Å². The van der Waals surface area contributed by atoms with Crippen LogP contribution in [0.5, 0.6) is 5.75 Å². The van der Waals surface area contributed by atoms with Crippen molar-refractivity contribution in [1.82, 2.24) is 15.3 Å². The number of aromatic nitrogens is 2. The van der Waals surface area contributed by atoms with Crippen molar-refractivity contribution in [3.8, 4) is 5.75 Å². The number of para-hydroxylation sites is 1. The van der Waals surface area contributed by atoms with Crippen molar-refractivity contribution in [2.24, 2.45) is 4.99 Å². The molecule has 0 saturated carbocycles. The van der Waals surface area contributed by atoms with Crippen molar-refractivity contribution in [3.05, 3.63) is 71.3 Å². The van der Waals surface area contributed by atoms with E-state index in [0.29, 0.717) is 28.6 Å². The molecule has 0 unspecified atom stereocenters. The highest BCUT2D eigenvalue weighted by Crippen LogP contribution is 2.34. The van der Waals surface area contributed by atoms with Crippen LogP contribution in [0.2, 0.25) is 5.02 Å². The SMILES string of the molecule is COc1c(N=CNC(=O)c2cccc(Cl)c2)cccc1NCCc1cnc[nH]1. The second-order valence-corrected chi connectivity index (χ2v) is 6.29. The quantitative estimate of drug-likeness (QED) is 0.398. The molecule has 1 amide bonds. The zero-order valence-electron chi connectivity index (χ0n) is 15.3. The molecule has 0 fully saturated rings. The number of methoxy groups -OCH3 is 1. The molecule has 0 aliphatic heterocycles. The molecule has 3 rings (SSSR count). The maximum absolute atomic E-state index is 12.1. The van der Waals surface area contributed by atoms with Gasteiger partial charge in [0, 0.05) is 35.4 Å². The lowest BCUT2D eigenvalue weighted by Crippen LogP contribution is -2.21. The number of carbonyl (C=O) groups excluding carboxylic acids is 1. The van der Waals surface area contributed by atoms with E-state index in [0.717, 1.165) is 17.8 Å². The van der Waals surface area contributed by atoms with Gasteiger partial charge in [0.25, 0.3) is 5.91 Å². The van der Waals surface area contributed by atoms with Gasteiger partial charge in [-0.1, -0.05) is 23.7 Å². The van der Waals surface area contributed by atoms with Gasteiger partial charge in [0.15, 0.2) is 5.75 Å². The summed E-state index contributed by atoms with van der Waals surface area (Å²) in [5, 5.41) is 6.46. The van der Waals surface area contributed by atoms with Crippen molar-refractivity contribution in [2.45, 2.75) is 6.42 Å². The number of aromatic amines is 1. The van der Waals surface area contributed by atoms with Crippen LogP contribution in [-0.4, -0.2) is 35.9 Å². The summed E-state index contributed by atoms with van der Waals surface area (Å²) in [6.07, 6.45) is 5.59. The van der Waals surface area contributed by atoms with E-state index in [-0.39, 0.29) is 5.91 Å². The van der Waals surface area contributed by atoms with E-state index >= 15 is 0 Å². The summed E-state index contributed by atoms with van der Waals surface area (Å²) in [5.41, 5.74) is 2.92. The van der Waals surface area contributed by atoms with Crippen LogP contribution in [0.1, 0.15) is 16.1 Å². The minimum absolute atomic E-state index is 0.293. The summed E-state index contributed by atoms with van der Waals surface area (Å²) in [6.45, 7) is 0.706. The Balaban J connectivity index is 1.64. The van der Waals surface area contributed by atoms with Crippen molar-refractivity contribution in [2.75, 3.05) is 19.0 Å². The second kappa shape index (κ2) is 9.57. The molecule has 0 atom stereocenters. The highest BCUT2D eigenvalue weighted by atomic mass is 35.5. The Hall–Kier alpha value is -3.32. The number of nitrogens with zero attached hydrogens (tertiary/aromatic N) is 2. The lowest BCUT2D eigenvalue weighted by Gasteiger charge is -2.12. The Kier molecular flexibility index (Phi) is 6.64. The van der Waals surface area contributed by atoms with Gasteiger partial charge >= 0.3 is 0 Å². The largest absolute Gasteiger partial charge is 0.492 e. The molecule has 0 spiro atoms. The number of anilines is 1. The first-order chi connectivity index (χ1) is 13.7. The van der Waals surface area contributed by atoms with E-state index < -0.39 is 0 Å². The molecule has 3 aromatic rings. The molecule has 2 aromatic carbocycles. The van der Waals surface area contributed by atoms with Crippen LogP contribution in [0.3, 0.4) is 0 Å². The fourth-order valence-electron chi connectivity index (χ4n) is 2.61. The zero-order valence-corrected chi connectivity index (χ0v) is 16.0. The van der Waals surface area contributed by atoms with Gasteiger partial charge in [-0.25, -0.2) is 9.98 Å². The maximum atomic E-state index is 12.1. The van der Waals surface area contributed by atoms with Gasteiger partial charge in [0.2, 0.25) is 0 Å². The topological polar surface area (TPSA) is 91.4 Å². The number of ether oxygens (including phenoxy) is 1. The lowest BCUT2D eigenvalue weighted by molar-refractivity contribution is 0.0978. The minimum atomic E-state index is -0.293. The summed E-state index contributed by atoms with van der Waals surface area (Å²) in [5.74, 6) is 0.305. The molecule has 3 N–H and O–H groups in total. The summed E-state index contributed by atoms with van der Waals surface area (Å²) in [4.78, 5) is 23.5. The summed E-state index contributed by atoms with van der Waals surface area (Å²) in [6, 6.07) is 12.3. The first kappa shape index (κ1) is 19.4. The van der Waals surface area contributed by atoms with Crippen LogP contribution in [-0.2, 0) is 6.42 Å². The molecular formula is C20H20ClN5O2. The molecule has 1 aromatic heterocycles. The molecule has 28 heavy (non-hydrogen) atoms. The highest BCUT2D eigenvalue weighted by molar-refractivity contribution is 6.31. The molecule has 0 aliphatic carbocycles. The summed E-state index contributed by atoms with van der Waals surface area (Å²) < 4.78 is 5.50. The van der Waals surface area contributed by atoms with Gasteiger partial charge in [0.05, 0.1) is 25.5 Å². The van der Waals surface area contributed by atoms with E-state index in [1.54, 1.807) is 50.0 Å². The summed E-state index contributed by atoms with van der Waals surface area (Å²) in [7, 11) is 1.58. The zero-order chi connectivity index (χ0) is 19.8. The van der Waals surface area contributed by atoms with Crippen molar-refractivity contribution < 1.29 is 9.53 Å². The fourth-order valence-corrected chi connectivity index (χ4v) is 2.80. The maximum Gasteiger partial charge on any atom is 0.256 e. The number of rotatable bonds is 8. The molecule has 7 nitrogen and oxygen atoms in total. The first-order valence-electron chi connectivity index (χ1n) is 8.64. The number of aliphatic imine (C=N–C) groups is 1. The van der Waals surface area contributed by atoms with Crippen LogP contribution in [0, 0.1) is 0 Å². The minimum Gasteiger partial charge on any atom is -0.492 e. The molecule has 0 bridgehead atoms. The third kappa shape index (κ3) is 5.11. The van der Waals surface area contributed by atoms with E-state index in [2.05, 4.69) is 25.6 Å². The van der Waals surface area contributed by atoms with Gasteiger partial charge in [0.1, 0.15) is 5.69 Å². The highest BCUT2D eigenvalue weighted by Gasteiger charge is 2.08. The Morgan fingerprint density at radius 1 is 1.32 bits per heavy atom. The number of hydrogen-bond donors (Lipinski definition) is 3. The molecule has 1 heterocycles. The molecule has 144 valence electrons. The van der Waals surface area contributed by atoms with Gasteiger partial charge in [-0.15, -0.1) is 0 Å². The number of carbonyl (C=O) groups is 1. The third-order valence-electron chi connectivity index (χ3n) is 3.95. The number of benzene rings is 2. The monoisotopic (exact) mass is 397 g/mol. The van der Waals surface area contributed by atoms with Crippen LogP contribution < -0.4 is 15.4 Å². The third-order valence-corrected chi connectivity index (χ3v) is 4.18.